The molecule has 1 aliphatic heterocycles. The maximum absolute atomic E-state index is 12.0. The maximum atomic E-state index is 12.0. The van der Waals surface area contributed by atoms with Crippen molar-refractivity contribution in [2.75, 3.05) is 18.1 Å². The van der Waals surface area contributed by atoms with Gasteiger partial charge in [-0.3, -0.25) is 0 Å². The van der Waals surface area contributed by atoms with Gasteiger partial charge in [-0.1, -0.05) is 13.3 Å². The van der Waals surface area contributed by atoms with Gasteiger partial charge in [0.1, 0.15) is 6.04 Å². The lowest BCUT2D eigenvalue weighted by Gasteiger charge is -2.33. The smallest absolute Gasteiger partial charge is 0.326 e. The van der Waals surface area contributed by atoms with Crippen LogP contribution in [-0.2, 0) is 14.6 Å². The van der Waals surface area contributed by atoms with Crippen LogP contribution < -0.4 is 5.32 Å². The molecule has 0 aromatic heterocycles. The highest BCUT2D eigenvalue weighted by Crippen LogP contribution is 2.12. The van der Waals surface area contributed by atoms with Gasteiger partial charge in [-0.25, -0.2) is 18.0 Å². The summed E-state index contributed by atoms with van der Waals surface area (Å²) in [5.41, 5.74) is 0. The second-order valence-electron chi connectivity index (χ2n) is 4.79. The summed E-state index contributed by atoms with van der Waals surface area (Å²) in [5.74, 6) is -1.23. The first kappa shape index (κ1) is 15.7. The zero-order chi connectivity index (χ0) is 14.6. The SMILES string of the molecule is CCC[C@@H](NC(=O)N1CCS(=O)(=O)CC1C)C(=O)O. The molecule has 1 unspecified atom stereocenters. The van der Waals surface area contributed by atoms with Gasteiger partial charge in [-0.15, -0.1) is 0 Å². The van der Waals surface area contributed by atoms with Crippen molar-refractivity contribution in [2.24, 2.45) is 0 Å². The predicted molar refractivity (Wildman–Crippen MR) is 69.7 cm³/mol. The van der Waals surface area contributed by atoms with Crippen LogP contribution in [0.4, 0.5) is 4.79 Å². The van der Waals surface area contributed by atoms with Gasteiger partial charge in [-0.2, -0.15) is 0 Å². The van der Waals surface area contributed by atoms with Gasteiger partial charge in [0.2, 0.25) is 0 Å². The fourth-order valence-corrected chi connectivity index (χ4v) is 3.63. The van der Waals surface area contributed by atoms with Crippen LogP contribution in [0.15, 0.2) is 0 Å². The average Bonchev–Trinajstić information content (AvgIpc) is 2.26. The molecule has 110 valence electrons. The van der Waals surface area contributed by atoms with Crippen LogP contribution in [-0.4, -0.2) is 60.6 Å². The zero-order valence-corrected chi connectivity index (χ0v) is 11.9. The quantitative estimate of drug-likeness (QED) is 0.763. The number of rotatable bonds is 4. The molecular weight excluding hydrogens is 272 g/mol. The summed E-state index contributed by atoms with van der Waals surface area (Å²) in [4.78, 5) is 24.3. The fourth-order valence-electron chi connectivity index (χ4n) is 2.08. The van der Waals surface area contributed by atoms with Crippen molar-refractivity contribution >= 4 is 21.8 Å². The van der Waals surface area contributed by atoms with E-state index >= 15 is 0 Å². The molecule has 0 aromatic carbocycles. The number of hydrogen-bond donors (Lipinski definition) is 2. The summed E-state index contributed by atoms with van der Waals surface area (Å²) in [6, 6.07) is -1.87. The van der Waals surface area contributed by atoms with Gasteiger partial charge in [0.05, 0.1) is 11.5 Å². The topological polar surface area (TPSA) is 104 Å². The third-order valence-electron chi connectivity index (χ3n) is 3.10. The number of carboxylic acids is 1. The molecule has 1 heterocycles. The molecule has 2 atom stereocenters. The van der Waals surface area contributed by atoms with Crippen molar-refractivity contribution in [3.05, 3.63) is 0 Å². The Morgan fingerprint density at radius 2 is 2.11 bits per heavy atom. The molecule has 8 heteroatoms. The fraction of sp³-hybridized carbons (Fsp3) is 0.818. The van der Waals surface area contributed by atoms with Crippen molar-refractivity contribution in [3.63, 3.8) is 0 Å². The van der Waals surface area contributed by atoms with E-state index in [0.29, 0.717) is 12.8 Å². The van der Waals surface area contributed by atoms with Gasteiger partial charge >= 0.3 is 12.0 Å². The molecule has 0 radical (unpaired) electrons. The highest BCUT2D eigenvalue weighted by molar-refractivity contribution is 7.91. The van der Waals surface area contributed by atoms with E-state index < -0.39 is 33.9 Å². The van der Waals surface area contributed by atoms with E-state index in [2.05, 4.69) is 5.32 Å². The normalized spacial score (nSPS) is 23.7. The Labute approximate surface area is 112 Å². The molecule has 0 bridgehead atoms. The van der Waals surface area contributed by atoms with Crippen LogP contribution in [0.1, 0.15) is 26.7 Å². The van der Waals surface area contributed by atoms with Crippen LogP contribution in [0, 0.1) is 0 Å². The monoisotopic (exact) mass is 292 g/mol. The maximum Gasteiger partial charge on any atom is 0.326 e. The second-order valence-corrected chi connectivity index (χ2v) is 7.01. The molecule has 0 aliphatic carbocycles. The Kier molecular flexibility index (Phi) is 5.16. The lowest BCUT2D eigenvalue weighted by molar-refractivity contribution is -0.139. The Hall–Kier alpha value is -1.31. The Morgan fingerprint density at radius 3 is 2.58 bits per heavy atom. The lowest BCUT2D eigenvalue weighted by atomic mass is 10.2. The van der Waals surface area contributed by atoms with Gasteiger partial charge < -0.3 is 15.3 Å². The van der Waals surface area contributed by atoms with Crippen LogP contribution in [0.2, 0.25) is 0 Å². The standard InChI is InChI=1S/C11H20N2O5S/c1-3-4-9(10(14)15)12-11(16)13-5-6-19(17,18)7-8(13)2/h8-9H,3-7H2,1-2H3,(H,12,16)(H,14,15)/t8?,9-/m1/s1. The molecule has 1 aliphatic rings. The van der Waals surface area contributed by atoms with Gasteiger partial charge in [0.25, 0.3) is 0 Å². The van der Waals surface area contributed by atoms with Crippen LogP contribution in [0.5, 0.6) is 0 Å². The summed E-state index contributed by atoms with van der Waals surface area (Å²) in [5, 5.41) is 11.4. The highest BCUT2D eigenvalue weighted by atomic mass is 32.2. The van der Waals surface area contributed by atoms with E-state index in [-0.39, 0.29) is 18.1 Å². The number of nitrogens with one attached hydrogen (secondary N) is 1. The molecule has 1 saturated heterocycles. The number of amides is 2. The number of nitrogens with zero attached hydrogens (tertiary/aromatic N) is 1. The highest BCUT2D eigenvalue weighted by Gasteiger charge is 2.32. The van der Waals surface area contributed by atoms with E-state index in [1.54, 1.807) is 6.92 Å². The van der Waals surface area contributed by atoms with Gasteiger partial charge in [-0.05, 0) is 13.3 Å². The molecule has 2 N–H and O–H groups in total. The first-order valence-corrected chi connectivity index (χ1v) is 8.09. The molecular formula is C11H20N2O5S. The van der Waals surface area contributed by atoms with E-state index in [4.69, 9.17) is 5.11 Å². The summed E-state index contributed by atoms with van der Waals surface area (Å²) < 4.78 is 22.8. The van der Waals surface area contributed by atoms with Crippen molar-refractivity contribution in [2.45, 2.75) is 38.8 Å². The number of carboxylic acid groups (broad SMARTS) is 1. The third-order valence-corrected chi connectivity index (χ3v) is 4.90. The van der Waals surface area contributed by atoms with E-state index in [1.807, 2.05) is 6.92 Å². The number of carbonyl (C=O) groups is 2. The van der Waals surface area contributed by atoms with E-state index in [0.717, 1.165) is 0 Å². The van der Waals surface area contributed by atoms with Gasteiger partial charge in [0.15, 0.2) is 9.84 Å². The lowest BCUT2D eigenvalue weighted by Crippen LogP contribution is -2.56. The van der Waals surface area contributed by atoms with Crippen LogP contribution in [0.3, 0.4) is 0 Å². The van der Waals surface area contributed by atoms with Crippen molar-refractivity contribution < 1.29 is 23.1 Å². The largest absolute Gasteiger partial charge is 0.480 e. The summed E-state index contributed by atoms with van der Waals surface area (Å²) in [7, 11) is -3.09. The molecule has 0 aromatic rings. The van der Waals surface area contributed by atoms with E-state index in [1.165, 1.54) is 4.90 Å². The summed E-state index contributed by atoms with van der Waals surface area (Å²) >= 11 is 0. The number of carbonyl (C=O) groups excluding carboxylic acids is 1. The molecule has 0 spiro atoms. The molecule has 0 saturated carbocycles. The number of aliphatic carboxylic acids is 1. The third kappa shape index (κ3) is 4.38. The average molecular weight is 292 g/mol. The van der Waals surface area contributed by atoms with Crippen molar-refractivity contribution in [1.29, 1.82) is 0 Å². The molecule has 19 heavy (non-hydrogen) atoms. The Bertz CT molecular complexity index is 448. The first-order valence-electron chi connectivity index (χ1n) is 6.27. The number of sulfone groups is 1. The molecule has 1 rings (SSSR count). The number of hydrogen-bond acceptors (Lipinski definition) is 4. The zero-order valence-electron chi connectivity index (χ0n) is 11.1. The minimum absolute atomic E-state index is 0.0731. The minimum Gasteiger partial charge on any atom is -0.480 e. The van der Waals surface area contributed by atoms with E-state index in [9.17, 15) is 18.0 Å². The second kappa shape index (κ2) is 6.23. The first-order chi connectivity index (χ1) is 8.76. The molecule has 2 amide bonds. The van der Waals surface area contributed by atoms with Crippen LogP contribution >= 0.6 is 0 Å². The summed E-state index contributed by atoms with van der Waals surface area (Å²) in [6.07, 6.45) is 0.989. The predicted octanol–water partition coefficient (Wildman–Crippen LogP) is 0.0682. The summed E-state index contributed by atoms with van der Waals surface area (Å²) in [6.45, 7) is 3.58. The number of urea groups is 1. The molecule has 1 fully saturated rings. The van der Waals surface area contributed by atoms with Gasteiger partial charge in [0, 0.05) is 12.6 Å². The van der Waals surface area contributed by atoms with Crippen LogP contribution in [0.25, 0.3) is 0 Å². The molecule has 7 nitrogen and oxygen atoms in total. The van der Waals surface area contributed by atoms with Crippen molar-refractivity contribution in [3.8, 4) is 0 Å². The Balaban J connectivity index is 2.65. The Morgan fingerprint density at radius 1 is 1.47 bits per heavy atom. The van der Waals surface area contributed by atoms with Crippen molar-refractivity contribution in [1.82, 2.24) is 10.2 Å². The minimum atomic E-state index is -3.09.